The Morgan fingerprint density at radius 3 is 2.79 bits per heavy atom. The van der Waals surface area contributed by atoms with E-state index in [1.54, 1.807) is 14.0 Å². The average molecular weight is 215 g/mol. The van der Waals surface area contributed by atoms with Crippen molar-refractivity contribution in [2.75, 3.05) is 0 Å². The zero-order valence-electron chi connectivity index (χ0n) is 8.40. The number of aromatic nitrogens is 3. The van der Waals surface area contributed by atoms with E-state index in [2.05, 4.69) is 10.2 Å². The molecule has 1 aromatic heterocycles. The molecule has 6 heteroatoms. The maximum Gasteiger partial charge on any atom is 0.343 e. The van der Waals surface area contributed by atoms with E-state index in [0.29, 0.717) is 11.6 Å². The van der Waals surface area contributed by atoms with Gasteiger partial charge in [-0.3, -0.25) is 9.36 Å². The highest BCUT2D eigenvalue weighted by Crippen LogP contribution is 2.21. The second kappa shape index (κ2) is 4.45. The maximum absolute atomic E-state index is 11.0. The smallest absolute Gasteiger partial charge is 0.300 e. The average Bonchev–Trinajstić information content (AvgIpc) is 2.34. The Kier molecular flexibility index (Phi) is 3.51. The van der Waals surface area contributed by atoms with E-state index < -0.39 is 0 Å². The van der Waals surface area contributed by atoms with Crippen LogP contribution in [0.1, 0.15) is 20.3 Å². The number of aromatic amines is 1. The third-order valence-corrected chi connectivity index (χ3v) is 2.87. The fourth-order valence-electron chi connectivity index (χ4n) is 1.06. The topological polar surface area (TPSA) is 67.8 Å². The van der Waals surface area contributed by atoms with Gasteiger partial charge in [0.15, 0.2) is 5.16 Å². The standard InChI is InChI=1S/C8H13N3O2S/c1-5(12)4-6(2)14-8-10-9-7(13)11(8)3/h6H,4H2,1-3H3,(H,9,13). The molecular formula is C8H13N3O2S. The molecule has 0 fully saturated rings. The van der Waals surface area contributed by atoms with Gasteiger partial charge in [-0.1, -0.05) is 18.7 Å². The highest BCUT2D eigenvalue weighted by atomic mass is 32.2. The van der Waals surface area contributed by atoms with Gasteiger partial charge in [-0.25, -0.2) is 9.89 Å². The fourth-order valence-corrected chi connectivity index (χ4v) is 2.08. The van der Waals surface area contributed by atoms with Crippen molar-refractivity contribution in [1.29, 1.82) is 0 Å². The summed E-state index contributed by atoms with van der Waals surface area (Å²) in [6.45, 7) is 3.49. The minimum absolute atomic E-state index is 0.140. The van der Waals surface area contributed by atoms with Gasteiger partial charge in [0.25, 0.3) is 0 Å². The Balaban J connectivity index is 2.65. The molecule has 0 amide bonds. The predicted molar refractivity (Wildman–Crippen MR) is 54.4 cm³/mol. The van der Waals surface area contributed by atoms with E-state index in [-0.39, 0.29) is 16.7 Å². The number of Topliss-reactive ketones (excluding diaryl/α,β-unsaturated/α-hetero) is 1. The molecule has 0 aromatic carbocycles. The number of H-pyrrole nitrogens is 1. The number of nitrogens with zero attached hydrogens (tertiary/aromatic N) is 2. The van der Waals surface area contributed by atoms with Crippen molar-refractivity contribution in [2.45, 2.75) is 30.7 Å². The summed E-state index contributed by atoms with van der Waals surface area (Å²) in [5, 5.41) is 6.94. The Labute approximate surface area is 85.9 Å². The van der Waals surface area contributed by atoms with E-state index in [1.165, 1.54) is 16.3 Å². The quantitative estimate of drug-likeness (QED) is 0.745. The molecule has 0 radical (unpaired) electrons. The monoisotopic (exact) mass is 215 g/mol. The van der Waals surface area contributed by atoms with Crippen LogP contribution in [0, 0.1) is 0 Å². The lowest BCUT2D eigenvalue weighted by Gasteiger charge is -2.06. The van der Waals surface area contributed by atoms with Gasteiger partial charge in [-0.05, 0) is 6.92 Å². The molecule has 0 saturated heterocycles. The molecule has 0 saturated carbocycles. The second-order valence-corrected chi connectivity index (χ2v) is 4.61. The Hall–Kier alpha value is -1.04. The van der Waals surface area contributed by atoms with Gasteiger partial charge in [-0.2, -0.15) is 0 Å². The summed E-state index contributed by atoms with van der Waals surface area (Å²) < 4.78 is 1.43. The molecule has 0 aliphatic heterocycles. The summed E-state index contributed by atoms with van der Waals surface area (Å²) >= 11 is 1.42. The van der Waals surface area contributed by atoms with Gasteiger partial charge >= 0.3 is 5.69 Å². The van der Waals surface area contributed by atoms with Crippen molar-refractivity contribution in [3.63, 3.8) is 0 Å². The number of ketones is 1. The van der Waals surface area contributed by atoms with Crippen LogP contribution >= 0.6 is 11.8 Å². The largest absolute Gasteiger partial charge is 0.343 e. The first-order chi connectivity index (χ1) is 6.50. The van der Waals surface area contributed by atoms with Gasteiger partial charge < -0.3 is 0 Å². The first-order valence-corrected chi connectivity index (χ1v) is 5.16. The molecule has 78 valence electrons. The van der Waals surface area contributed by atoms with E-state index in [4.69, 9.17) is 0 Å². The summed E-state index contributed by atoms with van der Waals surface area (Å²) in [6.07, 6.45) is 0.492. The van der Waals surface area contributed by atoms with Crippen LogP contribution in [-0.4, -0.2) is 25.8 Å². The van der Waals surface area contributed by atoms with Gasteiger partial charge in [0, 0.05) is 18.7 Å². The zero-order valence-corrected chi connectivity index (χ0v) is 9.22. The van der Waals surface area contributed by atoms with Crippen molar-refractivity contribution >= 4 is 17.5 Å². The molecule has 1 unspecified atom stereocenters. The van der Waals surface area contributed by atoms with Gasteiger partial charge in [-0.15, -0.1) is 5.10 Å². The molecule has 0 aliphatic rings. The SMILES string of the molecule is CC(=O)CC(C)Sc1n[nH]c(=O)n1C. The summed E-state index contributed by atoms with van der Waals surface area (Å²) in [4.78, 5) is 21.8. The molecule has 5 nitrogen and oxygen atoms in total. The third-order valence-electron chi connectivity index (χ3n) is 1.72. The lowest BCUT2D eigenvalue weighted by Crippen LogP contribution is -2.13. The van der Waals surface area contributed by atoms with Crippen LogP contribution in [0.2, 0.25) is 0 Å². The number of nitrogens with one attached hydrogen (secondary N) is 1. The minimum Gasteiger partial charge on any atom is -0.300 e. The number of thioether (sulfide) groups is 1. The fraction of sp³-hybridized carbons (Fsp3) is 0.625. The number of hydrogen-bond acceptors (Lipinski definition) is 4. The molecule has 1 aromatic rings. The second-order valence-electron chi connectivity index (χ2n) is 3.20. The minimum atomic E-state index is -0.234. The molecule has 14 heavy (non-hydrogen) atoms. The lowest BCUT2D eigenvalue weighted by atomic mass is 10.2. The van der Waals surface area contributed by atoms with Crippen molar-refractivity contribution in [2.24, 2.45) is 7.05 Å². The predicted octanol–water partition coefficient (Wildman–Crippen LogP) is 0.568. The first kappa shape index (κ1) is 11.0. The van der Waals surface area contributed by atoms with Crippen LogP contribution in [0.25, 0.3) is 0 Å². The van der Waals surface area contributed by atoms with E-state index in [0.717, 1.165) is 0 Å². The zero-order chi connectivity index (χ0) is 10.7. The van der Waals surface area contributed by atoms with Crippen LogP contribution in [-0.2, 0) is 11.8 Å². The maximum atomic E-state index is 11.0. The van der Waals surface area contributed by atoms with Crippen LogP contribution in [0.3, 0.4) is 0 Å². The van der Waals surface area contributed by atoms with Crippen LogP contribution < -0.4 is 5.69 Å². The summed E-state index contributed by atoms with van der Waals surface area (Å²) in [5.74, 6) is 0.144. The van der Waals surface area contributed by atoms with Crippen LogP contribution in [0.4, 0.5) is 0 Å². The normalized spacial score (nSPS) is 12.8. The Morgan fingerprint density at radius 2 is 2.36 bits per heavy atom. The number of carbonyl (C=O) groups is 1. The van der Waals surface area contributed by atoms with Crippen molar-refractivity contribution in [1.82, 2.24) is 14.8 Å². The molecule has 1 rings (SSSR count). The van der Waals surface area contributed by atoms with Crippen molar-refractivity contribution in [3.05, 3.63) is 10.5 Å². The highest BCUT2D eigenvalue weighted by Gasteiger charge is 2.11. The first-order valence-electron chi connectivity index (χ1n) is 4.28. The molecule has 1 N–H and O–H groups in total. The van der Waals surface area contributed by atoms with Crippen molar-refractivity contribution < 1.29 is 4.79 Å². The number of hydrogen-bond donors (Lipinski definition) is 1. The van der Waals surface area contributed by atoms with Gasteiger partial charge in [0.1, 0.15) is 5.78 Å². The van der Waals surface area contributed by atoms with Crippen LogP contribution in [0.5, 0.6) is 0 Å². The van der Waals surface area contributed by atoms with E-state index in [1.807, 2.05) is 6.92 Å². The molecule has 0 aliphatic carbocycles. The number of rotatable bonds is 4. The number of carbonyl (C=O) groups excluding carboxylic acids is 1. The van der Waals surface area contributed by atoms with Crippen molar-refractivity contribution in [3.8, 4) is 0 Å². The molecule has 1 heterocycles. The lowest BCUT2D eigenvalue weighted by molar-refractivity contribution is -0.116. The Bertz CT molecular complexity index is 382. The third kappa shape index (κ3) is 2.73. The summed E-state index contributed by atoms with van der Waals surface area (Å²) in [7, 11) is 1.65. The molecule has 0 spiro atoms. The van der Waals surface area contributed by atoms with Gasteiger partial charge in [0.05, 0.1) is 0 Å². The van der Waals surface area contributed by atoms with Crippen LogP contribution in [0.15, 0.2) is 9.95 Å². The highest BCUT2D eigenvalue weighted by molar-refractivity contribution is 7.99. The molecular weight excluding hydrogens is 202 g/mol. The Morgan fingerprint density at radius 1 is 1.71 bits per heavy atom. The summed E-state index contributed by atoms with van der Waals surface area (Å²) in [5.41, 5.74) is -0.234. The molecule has 0 bridgehead atoms. The van der Waals surface area contributed by atoms with Gasteiger partial charge in [0.2, 0.25) is 0 Å². The van der Waals surface area contributed by atoms with E-state index >= 15 is 0 Å². The molecule has 1 atom stereocenters. The van der Waals surface area contributed by atoms with E-state index in [9.17, 15) is 9.59 Å². The summed E-state index contributed by atoms with van der Waals surface area (Å²) in [6, 6.07) is 0.